The molecule has 0 N–H and O–H groups in total. The predicted octanol–water partition coefficient (Wildman–Crippen LogP) is 11.1. The van der Waals surface area contributed by atoms with E-state index >= 15 is 8.78 Å². The predicted molar refractivity (Wildman–Crippen MR) is 168 cm³/mol. The third-order valence-corrected chi connectivity index (χ3v) is 8.52. The first-order valence-electron chi connectivity index (χ1n) is 16.3. The average Bonchev–Trinajstić information content (AvgIpc) is 3.06. The lowest BCUT2D eigenvalue weighted by Gasteiger charge is -2.29. The molecule has 0 amide bonds. The third kappa shape index (κ3) is 9.19. The molecule has 0 bridgehead atoms. The highest BCUT2D eigenvalue weighted by atomic mass is 19.3. The molecule has 1 aliphatic rings. The van der Waals surface area contributed by atoms with E-state index < -0.39 is 58.6 Å². The number of ether oxygens (including phenoxy) is 3. The SMILES string of the molecule is CCCCCC1COC(c2ccc(-c3ccc(CCCCc4ccc(C(F)(F)Oc5cc(F)c(F)c(F)c5)c(F)c4)c(F)c3)c(F)c2)OC1. The maximum atomic E-state index is 15.1. The van der Waals surface area contributed by atoms with E-state index in [2.05, 4.69) is 11.7 Å². The summed E-state index contributed by atoms with van der Waals surface area (Å²) in [5, 5.41) is 0. The van der Waals surface area contributed by atoms with E-state index in [0.717, 1.165) is 31.4 Å². The summed E-state index contributed by atoms with van der Waals surface area (Å²) in [5.74, 6) is -8.35. The van der Waals surface area contributed by atoms with Crippen molar-refractivity contribution in [1.29, 1.82) is 0 Å². The Morgan fingerprint density at radius 1 is 0.694 bits per heavy atom. The van der Waals surface area contributed by atoms with Gasteiger partial charge < -0.3 is 14.2 Å². The fraction of sp³-hybridized carbons (Fsp3) is 0.368. The first-order chi connectivity index (χ1) is 23.4. The quantitative estimate of drug-likeness (QED) is 0.0748. The van der Waals surface area contributed by atoms with Crippen LogP contribution in [0.5, 0.6) is 5.75 Å². The molecule has 0 radical (unpaired) electrons. The molecule has 0 unspecified atom stereocenters. The van der Waals surface area contributed by atoms with Crippen molar-refractivity contribution in [2.45, 2.75) is 70.7 Å². The Morgan fingerprint density at radius 2 is 1.41 bits per heavy atom. The molecule has 1 saturated heterocycles. The summed E-state index contributed by atoms with van der Waals surface area (Å²) in [7, 11) is 0. The molecule has 0 saturated carbocycles. The van der Waals surface area contributed by atoms with Crippen molar-refractivity contribution >= 4 is 0 Å². The van der Waals surface area contributed by atoms with Crippen molar-refractivity contribution in [3.63, 3.8) is 0 Å². The molecule has 3 nitrogen and oxygen atoms in total. The number of unbranched alkanes of at least 4 members (excludes halogenated alkanes) is 3. The second kappa shape index (κ2) is 16.2. The normalized spacial score (nSPS) is 16.6. The fourth-order valence-corrected chi connectivity index (χ4v) is 5.80. The monoisotopic (exact) mass is 692 g/mol. The van der Waals surface area contributed by atoms with Gasteiger partial charge in [0.2, 0.25) is 0 Å². The number of hydrogen-bond donors (Lipinski definition) is 0. The van der Waals surface area contributed by atoms with Gasteiger partial charge in [-0.3, -0.25) is 0 Å². The van der Waals surface area contributed by atoms with E-state index in [1.807, 2.05) is 0 Å². The number of benzene rings is 4. The van der Waals surface area contributed by atoms with Crippen LogP contribution >= 0.6 is 0 Å². The minimum Gasteiger partial charge on any atom is -0.429 e. The highest BCUT2D eigenvalue weighted by Gasteiger charge is 2.38. The lowest BCUT2D eigenvalue weighted by molar-refractivity contribution is -0.206. The summed E-state index contributed by atoms with van der Waals surface area (Å²) in [4.78, 5) is 0. The van der Waals surface area contributed by atoms with E-state index in [9.17, 15) is 26.3 Å². The third-order valence-electron chi connectivity index (χ3n) is 8.52. The molecule has 262 valence electrons. The zero-order valence-electron chi connectivity index (χ0n) is 26.8. The van der Waals surface area contributed by atoms with Crippen LogP contribution in [0.15, 0.2) is 66.7 Å². The summed E-state index contributed by atoms with van der Waals surface area (Å²) < 4.78 is 130. The van der Waals surface area contributed by atoms with Gasteiger partial charge in [0.25, 0.3) is 0 Å². The maximum absolute atomic E-state index is 15.1. The first kappa shape index (κ1) is 36.3. The summed E-state index contributed by atoms with van der Waals surface area (Å²) in [6.45, 7) is 3.25. The topological polar surface area (TPSA) is 27.7 Å². The van der Waals surface area contributed by atoms with Gasteiger partial charge in [-0.2, -0.15) is 8.78 Å². The molecule has 4 aromatic carbocycles. The van der Waals surface area contributed by atoms with Gasteiger partial charge in [0.05, 0.1) is 18.8 Å². The Morgan fingerprint density at radius 3 is 2.06 bits per heavy atom. The zero-order valence-corrected chi connectivity index (χ0v) is 26.8. The Bertz CT molecular complexity index is 1710. The molecule has 1 aliphatic heterocycles. The van der Waals surface area contributed by atoms with Gasteiger partial charge in [-0.1, -0.05) is 56.5 Å². The lowest BCUT2D eigenvalue weighted by atomic mass is 9.98. The summed E-state index contributed by atoms with van der Waals surface area (Å²) in [6, 6.07) is 12.5. The zero-order chi connectivity index (χ0) is 35.1. The lowest BCUT2D eigenvalue weighted by Crippen LogP contribution is -2.27. The molecule has 5 rings (SSSR count). The molecular formula is C38H36F8O3. The Balaban J connectivity index is 1.12. The van der Waals surface area contributed by atoms with Gasteiger partial charge in [-0.15, -0.1) is 0 Å². The van der Waals surface area contributed by atoms with Gasteiger partial charge in [0.15, 0.2) is 23.7 Å². The van der Waals surface area contributed by atoms with E-state index in [-0.39, 0.29) is 17.7 Å². The van der Waals surface area contributed by atoms with Crippen LogP contribution in [0.2, 0.25) is 0 Å². The first-order valence-corrected chi connectivity index (χ1v) is 16.3. The summed E-state index contributed by atoms with van der Waals surface area (Å²) >= 11 is 0. The molecule has 0 atom stereocenters. The molecule has 1 fully saturated rings. The second-order valence-corrected chi connectivity index (χ2v) is 12.2. The van der Waals surface area contributed by atoms with Crippen LogP contribution in [0.1, 0.15) is 74.0 Å². The molecule has 49 heavy (non-hydrogen) atoms. The summed E-state index contributed by atoms with van der Waals surface area (Å²) in [5.41, 5.74) is 0.794. The van der Waals surface area contributed by atoms with Gasteiger partial charge in [-0.05, 0) is 73.1 Å². The summed E-state index contributed by atoms with van der Waals surface area (Å²) in [6.07, 6.45) is 1.10. The molecule has 0 aromatic heterocycles. The number of hydrogen-bond acceptors (Lipinski definition) is 3. The Hall–Kier alpha value is -3.96. The van der Waals surface area contributed by atoms with Crippen molar-refractivity contribution in [3.05, 3.63) is 124 Å². The van der Waals surface area contributed by atoms with Crippen LogP contribution in [-0.2, 0) is 28.4 Å². The van der Waals surface area contributed by atoms with Crippen LogP contribution in [-0.4, -0.2) is 13.2 Å². The molecule has 11 heteroatoms. The van der Waals surface area contributed by atoms with Crippen molar-refractivity contribution in [2.75, 3.05) is 13.2 Å². The fourth-order valence-electron chi connectivity index (χ4n) is 5.80. The van der Waals surface area contributed by atoms with E-state index in [0.29, 0.717) is 67.1 Å². The van der Waals surface area contributed by atoms with E-state index in [4.69, 9.17) is 9.47 Å². The van der Waals surface area contributed by atoms with Crippen LogP contribution in [0.4, 0.5) is 35.1 Å². The smallest absolute Gasteiger partial charge is 0.429 e. The average molecular weight is 693 g/mol. The van der Waals surface area contributed by atoms with Crippen molar-refractivity contribution in [1.82, 2.24) is 0 Å². The number of halogens is 8. The standard InChI is InChI=1S/C38H36F8O3/c1-2-3-4-8-24-21-47-37(48-22-24)27-13-14-29(32(40)18-27)26-12-11-25(31(39)17-26)9-6-5-7-23-10-15-30(33(41)16-23)38(45,46)49-28-19-34(42)36(44)35(43)20-28/h10-20,24,37H,2-9,21-22H2,1H3. The molecule has 0 aliphatic carbocycles. The number of alkyl halides is 2. The highest BCUT2D eigenvalue weighted by Crippen LogP contribution is 2.35. The maximum Gasteiger partial charge on any atom is 0.429 e. The molecule has 4 aromatic rings. The van der Waals surface area contributed by atoms with Crippen molar-refractivity contribution in [2.24, 2.45) is 5.92 Å². The van der Waals surface area contributed by atoms with Crippen LogP contribution < -0.4 is 4.74 Å². The van der Waals surface area contributed by atoms with Crippen LogP contribution in [0.25, 0.3) is 11.1 Å². The Labute approximate surface area is 279 Å². The van der Waals surface area contributed by atoms with Crippen LogP contribution in [0.3, 0.4) is 0 Å². The van der Waals surface area contributed by atoms with Gasteiger partial charge in [-0.25, -0.2) is 26.3 Å². The number of aryl methyl sites for hydroxylation is 2. The van der Waals surface area contributed by atoms with Gasteiger partial charge >= 0.3 is 6.11 Å². The van der Waals surface area contributed by atoms with Gasteiger partial charge in [0, 0.05) is 29.2 Å². The van der Waals surface area contributed by atoms with Crippen molar-refractivity contribution in [3.8, 4) is 16.9 Å². The highest BCUT2D eigenvalue weighted by molar-refractivity contribution is 5.65. The molecule has 1 heterocycles. The second-order valence-electron chi connectivity index (χ2n) is 12.2. The minimum absolute atomic E-state index is 0.233. The number of rotatable bonds is 14. The molecular weight excluding hydrogens is 656 g/mol. The van der Waals surface area contributed by atoms with Crippen LogP contribution in [0, 0.1) is 40.8 Å². The van der Waals surface area contributed by atoms with E-state index in [1.165, 1.54) is 24.6 Å². The van der Waals surface area contributed by atoms with Crippen molar-refractivity contribution < 1.29 is 49.3 Å². The van der Waals surface area contributed by atoms with E-state index in [1.54, 1.807) is 24.3 Å². The Kier molecular flexibility index (Phi) is 12.0. The minimum atomic E-state index is -4.30. The van der Waals surface area contributed by atoms with Gasteiger partial charge in [0.1, 0.15) is 23.2 Å². The largest absolute Gasteiger partial charge is 0.429 e. The molecule has 0 spiro atoms.